The van der Waals surface area contributed by atoms with E-state index in [1.165, 1.54) is 0 Å². The lowest BCUT2D eigenvalue weighted by Gasteiger charge is -2.19. The molecule has 0 aliphatic carbocycles. The van der Waals surface area contributed by atoms with Gasteiger partial charge in [-0.25, -0.2) is 0 Å². The minimum absolute atomic E-state index is 0.134. The molecule has 0 aromatic carbocycles. The molecular weight excluding hydrogens is 676 g/mol. The van der Waals surface area contributed by atoms with Crippen LogP contribution in [0.2, 0.25) is 0 Å². The third kappa shape index (κ3) is 39.3. The maximum Gasteiger partial charge on any atom is 0.222 e. The summed E-state index contributed by atoms with van der Waals surface area (Å²) in [5, 5.41) is 11.8. The van der Waals surface area contributed by atoms with Gasteiger partial charge in [0.1, 0.15) is 0 Å². The summed E-state index contributed by atoms with van der Waals surface area (Å²) in [4.78, 5) is 36.9. The molecule has 15 heteroatoms. The van der Waals surface area contributed by atoms with Gasteiger partial charge in [-0.05, 0) is 24.7 Å². The Morgan fingerprint density at radius 1 is 0.423 bits per heavy atom. The van der Waals surface area contributed by atoms with Crippen LogP contribution in [0, 0.1) is 11.8 Å². The summed E-state index contributed by atoms with van der Waals surface area (Å²) in [7, 11) is 0. The van der Waals surface area contributed by atoms with E-state index in [0.29, 0.717) is 104 Å². The van der Waals surface area contributed by atoms with E-state index in [1.54, 1.807) is 0 Å². The highest BCUT2D eigenvalue weighted by atomic mass is 16.6. The molecule has 3 amide bonds. The lowest BCUT2D eigenvalue weighted by Crippen LogP contribution is -2.42. The molecule has 0 atom stereocenters. The van der Waals surface area contributed by atoms with Crippen molar-refractivity contribution in [2.75, 3.05) is 125 Å². The summed E-state index contributed by atoms with van der Waals surface area (Å²) >= 11 is 0. The number of carbonyl (C=O) groups is 3. The molecule has 0 aromatic heterocycles. The SMILES string of the molecule is CC(C)CCOCCNC(=O)CCOCC(COCCC(=O)NCCOCCC(C)C)NC(=O)CCOCCOCCOCCOCCNC(C)C. The smallest absolute Gasteiger partial charge is 0.222 e. The van der Waals surface area contributed by atoms with Crippen molar-refractivity contribution in [3.63, 3.8) is 0 Å². The Morgan fingerprint density at radius 2 is 0.788 bits per heavy atom. The molecule has 4 N–H and O–H groups in total. The zero-order valence-corrected chi connectivity index (χ0v) is 33.3. The van der Waals surface area contributed by atoms with E-state index >= 15 is 0 Å². The predicted molar refractivity (Wildman–Crippen MR) is 200 cm³/mol. The van der Waals surface area contributed by atoms with Gasteiger partial charge in [-0.15, -0.1) is 0 Å². The van der Waals surface area contributed by atoms with Crippen molar-refractivity contribution in [1.29, 1.82) is 0 Å². The molecule has 0 rings (SSSR count). The average molecular weight is 751 g/mol. The summed E-state index contributed by atoms with van der Waals surface area (Å²) < 4.78 is 44.5. The zero-order valence-electron chi connectivity index (χ0n) is 33.3. The first kappa shape index (κ1) is 50.1. The first-order valence-electron chi connectivity index (χ1n) is 19.3. The van der Waals surface area contributed by atoms with Gasteiger partial charge in [-0.1, -0.05) is 41.5 Å². The van der Waals surface area contributed by atoms with Crippen molar-refractivity contribution in [2.45, 2.75) is 85.7 Å². The Hall–Kier alpha value is -1.95. The van der Waals surface area contributed by atoms with E-state index in [9.17, 15) is 14.4 Å². The fourth-order valence-electron chi connectivity index (χ4n) is 4.10. The van der Waals surface area contributed by atoms with Gasteiger partial charge in [0.05, 0.1) is 98.5 Å². The molecule has 0 saturated heterocycles. The molecule has 0 radical (unpaired) electrons. The van der Waals surface area contributed by atoms with Crippen LogP contribution in [-0.4, -0.2) is 155 Å². The van der Waals surface area contributed by atoms with E-state index in [1.807, 2.05) is 0 Å². The monoisotopic (exact) mass is 751 g/mol. The standard InChI is InChI=1S/C37H74N4O11/c1-31(2)7-15-45-21-13-39-35(42)9-18-51-29-34(30-52-19-10-36(43)40-14-22-46-16-8-32(3)4)41-37(44)11-17-47-23-25-49-27-28-50-26-24-48-20-12-38-33(5)6/h31-34,38H,7-30H2,1-6H3,(H,39,42)(H,40,43)(H,41,44). The van der Waals surface area contributed by atoms with E-state index in [4.69, 9.17) is 37.9 Å². The van der Waals surface area contributed by atoms with E-state index in [2.05, 4.69) is 62.8 Å². The largest absolute Gasteiger partial charge is 0.380 e. The average Bonchev–Trinajstić information content (AvgIpc) is 3.09. The number of hydrogen-bond acceptors (Lipinski definition) is 12. The zero-order chi connectivity index (χ0) is 38.5. The Kier molecular flexibility index (Phi) is 36.0. The van der Waals surface area contributed by atoms with Crippen molar-refractivity contribution in [1.82, 2.24) is 21.3 Å². The van der Waals surface area contributed by atoms with Crippen LogP contribution in [0.5, 0.6) is 0 Å². The van der Waals surface area contributed by atoms with E-state index < -0.39 is 6.04 Å². The van der Waals surface area contributed by atoms with Gasteiger partial charge >= 0.3 is 0 Å². The first-order chi connectivity index (χ1) is 25.1. The normalized spacial score (nSPS) is 11.7. The van der Waals surface area contributed by atoms with Crippen LogP contribution in [0.1, 0.15) is 73.6 Å². The van der Waals surface area contributed by atoms with Gasteiger partial charge in [0.2, 0.25) is 17.7 Å². The molecule has 0 saturated carbocycles. The second kappa shape index (κ2) is 37.4. The lowest BCUT2D eigenvalue weighted by molar-refractivity contribution is -0.126. The molecule has 0 spiro atoms. The maximum atomic E-state index is 12.6. The summed E-state index contributed by atoms with van der Waals surface area (Å²) in [5.41, 5.74) is 0. The van der Waals surface area contributed by atoms with Crippen molar-refractivity contribution >= 4 is 17.7 Å². The summed E-state index contributed by atoms with van der Waals surface area (Å²) in [5.74, 6) is 0.663. The molecule has 0 fully saturated rings. The van der Waals surface area contributed by atoms with E-state index in [-0.39, 0.29) is 70.0 Å². The van der Waals surface area contributed by atoms with Crippen LogP contribution in [0.25, 0.3) is 0 Å². The first-order valence-corrected chi connectivity index (χ1v) is 19.3. The summed E-state index contributed by atoms with van der Waals surface area (Å²) in [6.07, 6.45) is 2.48. The van der Waals surface area contributed by atoms with Crippen LogP contribution in [0.4, 0.5) is 0 Å². The Bertz CT molecular complexity index is 797. The fourth-order valence-corrected chi connectivity index (χ4v) is 4.10. The molecule has 0 unspecified atom stereocenters. The number of amides is 3. The highest BCUT2D eigenvalue weighted by Crippen LogP contribution is 2.00. The predicted octanol–water partition coefficient (Wildman–Crippen LogP) is 2.10. The van der Waals surface area contributed by atoms with Crippen LogP contribution in [0.3, 0.4) is 0 Å². The second-order valence-electron chi connectivity index (χ2n) is 13.5. The highest BCUT2D eigenvalue weighted by molar-refractivity contribution is 5.76. The molecule has 0 aliphatic rings. The summed E-state index contributed by atoms with van der Waals surface area (Å²) in [6, 6.07) is -0.0175. The van der Waals surface area contributed by atoms with Crippen LogP contribution in [-0.2, 0) is 52.3 Å². The van der Waals surface area contributed by atoms with Gasteiger partial charge in [0.25, 0.3) is 0 Å². The quantitative estimate of drug-likeness (QED) is 0.0676. The minimum atomic E-state index is -0.465. The lowest BCUT2D eigenvalue weighted by atomic mass is 10.1. The van der Waals surface area contributed by atoms with Gasteiger partial charge in [0, 0.05) is 58.2 Å². The Balaban J connectivity index is 4.25. The Labute approximate surface area is 313 Å². The van der Waals surface area contributed by atoms with Crippen molar-refractivity contribution in [2.24, 2.45) is 11.8 Å². The van der Waals surface area contributed by atoms with Gasteiger partial charge < -0.3 is 59.2 Å². The Morgan fingerprint density at radius 3 is 1.23 bits per heavy atom. The molecule has 308 valence electrons. The molecule has 15 nitrogen and oxygen atoms in total. The fraction of sp³-hybridized carbons (Fsp3) is 0.919. The van der Waals surface area contributed by atoms with E-state index in [0.717, 1.165) is 19.4 Å². The molecule has 0 aliphatic heterocycles. The summed E-state index contributed by atoms with van der Waals surface area (Å²) in [6.45, 7) is 21.0. The topological polar surface area (TPSA) is 173 Å². The molecule has 52 heavy (non-hydrogen) atoms. The molecule has 0 bridgehead atoms. The van der Waals surface area contributed by atoms with Crippen molar-refractivity contribution in [3.8, 4) is 0 Å². The van der Waals surface area contributed by atoms with Gasteiger partial charge in [-0.3, -0.25) is 14.4 Å². The van der Waals surface area contributed by atoms with Crippen LogP contribution >= 0.6 is 0 Å². The third-order valence-corrected chi connectivity index (χ3v) is 7.15. The second-order valence-corrected chi connectivity index (χ2v) is 13.5. The van der Waals surface area contributed by atoms with Crippen molar-refractivity contribution in [3.05, 3.63) is 0 Å². The number of nitrogens with one attached hydrogen (secondary N) is 4. The molecule has 0 heterocycles. The third-order valence-electron chi connectivity index (χ3n) is 7.15. The number of hydrogen-bond donors (Lipinski definition) is 4. The number of carbonyl (C=O) groups excluding carboxylic acids is 3. The highest BCUT2D eigenvalue weighted by Gasteiger charge is 2.14. The van der Waals surface area contributed by atoms with Crippen LogP contribution in [0.15, 0.2) is 0 Å². The van der Waals surface area contributed by atoms with Crippen LogP contribution < -0.4 is 21.3 Å². The van der Waals surface area contributed by atoms with Gasteiger partial charge in [-0.2, -0.15) is 0 Å². The van der Waals surface area contributed by atoms with Gasteiger partial charge in [0.15, 0.2) is 0 Å². The number of rotatable bonds is 39. The maximum absolute atomic E-state index is 12.6. The number of ether oxygens (including phenoxy) is 8. The minimum Gasteiger partial charge on any atom is -0.380 e. The molecule has 0 aromatic rings. The van der Waals surface area contributed by atoms with Crippen molar-refractivity contribution < 1.29 is 52.3 Å². The molecular formula is C37H74N4O11.